The van der Waals surface area contributed by atoms with Crippen molar-refractivity contribution in [3.05, 3.63) is 47.0 Å². The van der Waals surface area contributed by atoms with E-state index in [0.29, 0.717) is 12.8 Å². The third-order valence-electron chi connectivity index (χ3n) is 4.76. The molecule has 0 saturated heterocycles. The molecule has 0 spiro atoms. The van der Waals surface area contributed by atoms with Gasteiger partial charge in [0.1, 0.15) is 0 Å². The second-order valence-electron chi connectivity index (χ2n) is 6.08. The number of rotatable bonds is 1. The van der Waals surface area contributed by atoms with E-state index in [0.717, 1.165) is 0 Å². The highest BCUT2D eigenvalue weighted by Crippen LogP contribution is 2.43. The molecule has 0 aliphatic heterocycles. The van der Waals surface area contributed by atoms with E-state index in [1.54, 1.807) is 0 Å². The van der Waals surface area contributed by atoms with Crippen LogP contribution < -0.4 is 0 Å². The fourth-order valence-corrected chi connectivity index (χ4v) is 3.38. The molecule has 0 heterocycles. The van der Waals surface area contributed by atoms with Gasteiger partial charge in [-0.05, 0) is 60.1 Å². The van der Waals surface area contributed by atoms with Crippen LogP contribution in [-0.2, 0) is 0 Å². The minimum Gasteiger partial charge on any atom is -0.207 e. The summed E-state index contributed by atoms with van der Waals surface area (Å²) in [5, 5.41) is 2.51. The van der Waals surface area contributed by atoms with Gasteiger partial charge in [-0.15, -0.1) is 0 Å². The lowest BCUT2D eigenvalue weighted by atomic mass is 9.79. The van der Waals surface area contributed by atoms with Crippen molar-refractivity contribution in [3.8, 4) is 0 Å². The van der Waals surface area contributed by atoms with Crippen LogP contribution in [0.15, 0.2) is 30.3 Å². The molecule has 0 amide bonds. The smallest absolute Gasteiger partial charge is 0.207 e. The Balaban J connectivity index is 2.06. The normalized spacial score (nSPS) is 19.4. The number of halogens is 2. The van der Waals surface area contributed by atoms with Crippen LogP contribution in [0.5, 0.6) is 0 Å². The maximum absolute atomic E-state index is 13.4. The molecule has 1 saturated carbocycles. The summed E-state index contributed by atoms with van der Waals surface area (Å²) in [7, 11) is 0. The van der Waals surface area contributed by atoms with E-state index in [-0.39, 0.29) is 18.8 Å². The Morgan fingerprint density at radius 3 is 2.25 bits per heavy atom. The Labute approximate surface area is 118 Å². The van der Waals surface area contributed by atoms with Crippen molar-refractivity contribution in [2.24, 2.45) is 0 Å². The van der Waals surface area contributed by atoms with Gasteiger partial charge in [-0.25, -0.2) is 8.78 Å². The van der Waals surface area contributed by atoms with Crippen LogP contribution in [0.3, 0.4) is 0 Å². The average Bonchev–Trinajstić information content (AvgIpc) is 2.43. The molecule has 0 bridgehead atoms. The highest BCUT2D eigenvalue weighted by atomic mass is 19.3. The van der Waals surface area contributed by atoms with Crippen LogP contribution in [0.2, 0.25) is 0 Å². The SMILES string of the molecule is Cc1cc(C2CCC(F)(F)CC2)c2ccccc2c1C. The summed E-state index contributed by atoms with van der Waals surface area (Å²) in [6.07, 6.45) is 1.25. The second kappa shape index (κ2) is 4.83. The second-order valence-corrected chi connectivity index (χ2v) is 6.08. The van der Waals surface area contributed by atoms with Crippen molar-refractivity contribution in [1.29, 1.82) is 0 Å². The molecule has 0 nitrogen and oxygen atoms in total. The van der Waals surface area contributed by atoms with Crippen molar-refractivity contribution >= 4 is 10.8 Å². The molecular weight excluding hydrogens is 254 g/mol. The van der Waals surface area contributed by atoms with Gasteiger partial charge in [0, 0.05) is 12.8 Å². The highest BCUT2D eigenvalue weighted by Gasteiger charge is 2.35. The Morgan fingerprint density at radius 2 is 1.60 bits per heavy atom. The van der Waals surface area contributed by atoms with Crippen molar-refractivity contribution < 1.29 is 8.78 Å². The molecule has 1 aliphatic carbocycles. The zero-order chi connectivity index (χ0) is 14.3. The molecule has 0 unspecified atom stereocenters. The summed E-state index contributed by atoms with van der Waals surface area (Å²) < 4.78 is 26.7. The van der Waals surface area contributed by atoms with E-state index in [2.05, 4.69) is 32.0 Å². The van der Waals surface area contributed by atoms with E-state index in [1.807, 2.05) is 12.1 Å². The number of benzene rings is 2. The Hall–Kier alpha value is -1.44. The van der Waals surface area contributed by atoms with Crippen LogP contribution in [0, 0.1) is 13.8 Å². The highest BCUT2D eigenvalue weighted by molar-refractivity contribution is 5.90. The zero-order valence-electron chi connectivity index (χ0n) is 12.0. The van der Waals surface area contributed by atoms with E-state index in [4.69, 9.17) is 0 Å². The molecule has 2 aromatic carbocycles. The molecular formula is C18H20F2. The van der Waals surface area contributed by atoms with Crippen LogP contribution in [-0.4, -0.2) is 5.92 Å². The fraction of sp³-hybridized carbons (Fsp3) is 0.444. The average molecular weight is 274 g/mol. The quantitative estimate of drug-likeness (QED) is 0.621. The molecule has 0 aromatic heterocycles. The fourth-order valence-electron chi connectivity index (χ4n) is 3.38. The third kappa shape index (κ3) is 2.32. The minimum atomic E-state index is -2.45. The molecule has 3 rings (SSSR count). The molecule has 1 aliphatic rings. The number of fused-ring (bicyclic) bond motifs is 1. The first-order chi connectivity index (χ1) is 9.48. The van der Waals surface area contributed by atoms with Gasteiger partial charge in [-0.1, -0.05) is 30.3 Å². The molecule has 106 valence electrons. The Kier molecular flexibility index (Phi) is 3.27. The van der Waals surface area contributed by atoms with Crippen molar-refractivity contribution in [2.45, 2.75) is 51.4 Å². The maximum Gasteiger partial charge on any atom is 0.248 e. The van der Waals surface area contributed by atoms with Gasteiger partial charge in [0.15, 0.2) is 0 Å². The van der Waals surface area contributed by atoms with Gasteiger partial charge in [-0.2, -0.15) is 0 Å². The topological polar surface area (TPSA) is 0 Å². The van der Waals surface area contributed by atoms with Gasteiger partial charge < -0.3 is 0 Å². The minimum absolute atomic E-state index is 0.0267. The summed E-state index contributed by atoms with van der Waals surface area (Å²) in [5.41, 5.74) is 3.82. The molecule has 2 heteroatoms. The maximum atomic E-state index is 13.4. The van der Waals surface area contributed by atoms with Crippen LogP contribution >= 0.6 is 0 Å². The van der Waals surface area contributed by atoms with Crippen LogP contribution in [0.4, 0.5) is 8.78 Å². The lowest BCUT2D eigenvalue weighted by Gasteiger charge is -2.29. The predicted molar refractivity (Wildman–Crippen MR) is 79.6 cm³/mol. The van der Waals surface area contributed by atoms with Gasteiger partial charge in [0.2, 0.25) is 5.92 Å². The first-order valence-electron chi connectivity index (χ1n) is 7.34. The largest absolute Gasteiger partial charge is 0.248 e. The van der Waals surface area contributed by atoms with Gasteiger partial charge >= 0.3 is 0 Å². The standard InChI is InChI=1S/C18H20F2/c1-12-11-17(14-7-9-18(19,20)10-8-14)16-6-4-3-5-15(16)13(12)2/h3-6,11,14H,7-10H2,1-2H3. The van der Waals surface area contributed by atoms with Crippen molar-refractivity contribution in [2.75, 3.05) is 0 Å². The predicted octanol–water partition coefficient (Wildman–Crippen LogP) is 5.75. The first-order valence-corrected chi connectivity index (χ1v) is 7.34. The number of aryl methyl sites for hydroxylation is 2. The van der Waals surface area contributed by atoms with Gasteiger partial charge in [0.25, 0.3) is 0 Å². The lowest BCUT2D eigenvalue weighted by Crippen LogP contribution is -2.23. The van der Waals surface area contributed by atoms with Crippen molar-refractivity contribution in [3.63, 3.8) is 0 Å². The molecule has 1 fully saturated rings. The zero-order valence-corrected chi connectivity index (χ0v) is 12.0. The van der Waals surface area contributed by atoms with Gasteiger partial charge in [0.05, 0.1) is 0 Å². The van der Waals surface area contributed by atoms with Crippen LogP contribution in [0.1, 0.15) is 48.3 Å². The van der Waals surface area contributed by atoms with Crippen molar-refractivity contribution in [1.82, 2.24) is 0 Å². The molecule has 0 radical (unpaired) electrons. The summed E-state index contributed by atoms with van der Waals surface area (Å²) in [5.74, 6) is -2.18. The summed E-state index contributed by atoms with van der Waals surface area (Å²) in [4.78, 5) is 0. The number of hydrogen-bond acceptors (Lipinski definition) is 0. The number of alkyl halides is 2. The van der Waals surface area contributed by atoms with Crippen LogP contribution in [0.25, 0.3) is 10.8 Å². The lowest BCUT2D eigenvalue weighted by molar-refractivity contribution is -0.0381. The molecule has 0 N–H and O–H groups in total. The third-order valence-corrected chi connectivity index (χ3v) is 4.76. The van der Waals surface area contributed by atoms with E-state index in [9.17, 15) is 8.78 Å². The first kappa shape index (κ1) is 13.5. The van der Waals surface area contributed by atoms with E-state index in [1.165, 1.54) is 27.5 Å². The van der Waals surface area contributed by atoms with E-state index >= 15 is 0 Å². The Bertz CT molecular complexity index is 633. The summed E-state index contributed by atoms with van der Waals surface area (Å²) >= 11 is 0. The van der Waals surface area contributed by atoms with E-state index < -0.39 is 5.92 Å². The number of hydrogen-bond donors (Lipinski definition) is 0. The molecule has 20 heavy (non-hydrogen) atoms. The Morgan fingerprint density at radius 1 is 1.00 bits per heavy atom. The summed E-state index contributed by atoms with van der Waals surface area (Å²) in [6.45, 7) is 4.25. The molecule has 0 atom stereocenters. The molecule has 2 aromatic rings. The van der Waals surface area contributed by atoms with Gasteiger partial charge in [-0.3, -0.25) is 0 Å². The summed E-state index contributed by atoms with van der Waals surface area (Å²) in [6, 6.07) is 10.6. The monoisotopic (exact) mass is 274 g/mol.